The normalized spacial score (nSPS) is 11.7. The number of amides is 2. The first-order chi connectivity index (χ1) is 14.6. The molecular weight excluding hydrogens is 389 g/mol. The molecule has 0 spiro atoms. The number of ether oxygens (including phenoxy) is 2. The van der Waals surface area contributed by atoms with Crippen molar-refractivity contribution in [1.82, 2.24) is 10.3 Å². The molecule has 0 unspecified atom stereocenters. The molecule has 9 heteroatoms. The van der Waals surface area contributed by atoms with Crippen LogP contribution in [0.25, 0.3) is 10.9 Å². The molecule has 2 aromatic carbocycles. The lowest BCUT2D eigenvalue weighted by molar-refractivity contribution is 0.174. The van der Waals surface area contributed by atoms with Crippen LogP contribution in [-0.2, 0) is 0 Å². The van der Waals surface area contributed by atoms with E-state index < -0.39 is 11.8 Å². The van der Waals surface area contributed by atoms with Crippen LogP contribution < -0.4 is 25.4 Å². The molecule has 0 saturated carbocycles. The number of fused-ring (bicyclic) bond motifs is 2. The lowest BCUT2D eigenvalue weighted by atomic mass is 10.1. The molecule has 152 valence electrons. The van der Waals surface area contributed by atoms with Crippen LogP contribution in [0.4, 0.5) is 20.7 Å². The molecule has 8 nitrogen and oxygen atoms in total. The van der Waals surface area contributed by atoms with E-state index in [1.54, 1.807) is 24.3 Å². The standard InChI is InChI=1S/C21H18FN5O3/c22-15-3-1-4-16(9-15)26-21(28)25-6-2-5-24-20-14(11-23)7-13-8-18-19(30-12-29-18)10-17(13)27-20/h1,3-4,7-10H,2,5-6,12H2,(H,24,27)(H2,25,26,28). The summed E-state index contributed by atoms with van der Waals surface area (Å²) in [7, 11) is 0. The quantitative estimate of drug-likeness (QED) is 0.539. The second kappa shape index (κ2) is 8.53. The SMILES string of the molecule is N#Cc1cc2cc3c(cc2nc1NCCCNC(=O)Nc1cccc(F)c1)OCO3. The first-order valence-electron chi connectivity index (χ1n) is 9.31. The van der Waals surface area contributed by atoms with E-state index in [4.69, 9.17) is 9.47 Å². The second-order valence-corrected chi connectivity index (χ2v) is 6.57. The van der Waals surface area contributed by atoms with E-state index in [2.05, 4.69) is 27.0 Å². The highest BCUT2D eigenvalue weighted by molar-refractivity contribution is 5.89. The van der Waals surface area contributed by atoms with E-state index in [0.29, 0.717) is 53.6 Å². The van der Waals surface area contributed by atoms with Gasteiger partial charge in [-0.15, -0.1) is 0 Å². The Hall–Kier alpha value is -4.06. The Balaban J connectivity index is 1.31. The van der Waals surface area contributed by atoms with Crippen molar-refractivity contribution >= 4 is 28.4 Å². The number of aromatic nitrogens is 1. The molecule has 1 aromatic heterocycles. The monoisotopic (exact) mass is 407 g/mol. The maximum Gasteiger partial charge on any atom is 0.319 e. The van der Waals surface area contributed by atoms with Crippen LogP contribution in [0.2, 0.25) is 0 Å². The van der Waals surface area contributed by atoms with Crippen molar-refractivity contribution in [2.24, 2.45) is 0 Å². The molecule has 0 saturated heterocycles. The molecule has 0 fully saturated rings. The van der Waals surface area contributed by atoms with E-state index in [9.17, 15) is 14.4 Å². The van der Waals surface area contributed by atoms with E-state index in [-0.39, 0.29) is 6.79 Å². The summed E-state index contributed by atoms with van der Waals surface area (Å²) in [5, 5.41) is 18.6. The summed E-state index contributed by atoms with van der Waals surface area (Å²) in [5.41, 5.74) is 1.48. The second-order valence-electron chi connectivity index (χ2n) is 6.57. The molecule has 3 aromatic rings. The number of hydrogen-bond donors (Lipinski definition) is 3. The van der Waals surface area contributed by atoms with Gasteiger partial charge in [0.1, 0.15) is 17.7 Å². The Labute approximate surface area is 171 Å². The van der Waals surface area contributed by atoms with Crippen molar-refractivity contribution in [3.63, 3.8) is 0 Å². The summed E-state index contributed by atoms with van der Waals surface area (Å²) in [6.07, 6.45) is 0.599. The third kappa shape index (κ3) is 4.33. The number of nitrogens with zero attached hydrogens (tertiary/aromatic N) is 2. The van der Waals surface area contributed by atoms with Gasteiger partial charge < -0.3 is 25.4 Å². The zero-order chi connectivity index (χ0) is 20.9. The number of carbonyl (C=O) groups excluding carboxylic acids is 1. The zero-order valence-corrected chi connectivity index (χ0v) is 15.9. The Bertz CT molecular complexity index is 1150. The molecule has 1 aliphatic heterocycles. The van der Waals surface area contributed by atoms with Crippen molar-refractivity contribution in [2.75, 3.05) is 30.5 Å². The molecule has 30 heavy (non-hydrogen) atoms. The summed E-state index contributed by atoms with van der Waals surface area (Å²) in [6, 6.07) is 12.7. The Morgan fingerprint density at radius 3 is 2.80 bits per heavy atom. The smallest absolute Gasteiger partial charge is 0.319 e. The largest absolute Gasteiger partial charge is 0.454 e. The molecular formula is C21H18FN5O3. The molecule has 0 aliphatic carbocycles. The van der Waals surface area contributed by atoms with Crippen molar-refractivity contribution in [2.45, 2.75) is 6.42 Å². The molecule has 0 atom stereocenters. The third-order valence-electron chi connectivity index (χ3n) is 4.44. The lowest BCUT2D eigenvalue weighted by Gasteiger charge is -2.10. The van der Waals surface area contributed by atoms with Gasteiger partial charge in [-0.3, -0.25) is 0 Å². The van der Waals surface area contributed by atoms with Gasteiger partial charge in [0.05, 0.1) is 11.1 Å². The van der Waals surface area contributed by atoms with Gasteiger partial charge in [0.15, 0.2) is 11.5 Å². The molecule has 0 radical (unpaired) electrons. The van der Waals surface area contributed by atoms with E-state index in [1.807, 2.05) is 0 Å². The third-order valence-corrected chi connectivity index (χ3v) is 4.44. The highest BCUT2D eigenvalue weighted by atomic mass is 19.1. The van der Waals surface area contributed by atoms with Gasteiger partial charge in [-0.1, -0.05) is 6.07 Å². The van der Waals surface area contributed by atoms with Crippen LogP contribution in [0.5, 0.6) is 11.5 Å². The average molecular weight is 407 g/mol. The lowest BCUT2D eigenvalue weighted by Crippen LogP contribution is -2.30. The number of nitriles is 1. The van der Waals surface area contributed by atoms with Gasteiger partial charge in [-0.25, -0.2) is 14.2 Å². The minimum absolute atomic E-state index is 0.168. The first kappa shape index (κ1) is 19.3. The summed E-state index contributed by atoms with van der Waals surface area (Å²) >= 11 is 0. The van der Waals surface area contributed by atoms with E-state index >= 15 is 0 Å². The Morgan fingerprint density at radius 2 is 2.00 bits per heavy atom. The van der Waals surface area contributed by atoms with Gasteiger partial charge >= 0.3 is 6.03 Å². The topological polar surface area (TPSA) is 108 Å². The molecule has 1 aliphatic rings. The zero-order valence-electron chi connectivity index (χ0n) is 15.9. The van der Waals surface area contributed by atoms with Crippen LogP contribution in [0, 0.1) is 17.1 Å². The Morgan fingerprint density at radius 1 is 1.17 bits per heavy atom. The number of pyridine rings is 1. The maximum atomic E-state index is 13.1. The fourth-order valence-electron chi connectivity index (χ4n) is 3.02. The number of hydrogen-bond acceptors (Lipinski definition) is 6. The van der Waals surface area contributed by atoms with Crippen LogP contribution in [0.1, 0.15) is 12.0 Å². The van der Waals surface area contributed by atoms with Crippen molar-refractivity contribution < 1.29 is 18.7 Å². The summed E-state index contributed by atoms with van der Waals surface area (Å²) in [5.74, 6) is 1.31. The number of rotatable bonds is 6. The van der Waals surface area contributed by atoms with Gasteiger partial charge in [-0.05, 0) is 36.8 Å². The molecule has 3 N–H and O–H groups in total. The number of anilines is 2. The number of carbonyl (C=O) groups is 1. The van der Waals surface area contributed by atoms with Crippen LogP contribution >= 0.6 is 0 Å². The van der Waals surface area contributed by atoms with Gasteiger partial charge in [0.2, 0.25) is 6.79 Å². The van der Waals surface area contributed by atoms with Crippen LogP contribution in [0.15, 0.2) is 42.5 Å². The fraction of sp³-hybridized carbons (Fsp3) is 0.190. The number of nitrogens with one attached hydrogen (secondary N) is 3. The molecule has 2 heterocycles. The molecule has 4 rings (SSSR count). The summed E-state index contributed by atoms with van der Waals surface area (Å²) in [4.78, 5) is 16.4. The van der Waals surface area contributed by atoms with E-state index in [0.717, 1.165) is 5.39 Å². The van der Waals surface area contributed by atoms with Crippen molar-refractivity contribution in [1.29, 1.82) is 5.26 Å². The number of benzene rings is 2. The predicted molar refractivity (Wildman–Crippen MR) is 109 cm³/mol. The van der Waals surface area contributed by atoms with Crippen molar-refractivity contribution in [3.8, 4) is 17.6 Å². The first-order valence-corrected chi connectivity index (χ1v) is 9.31. The Kier molecular flexibility index (Phi) is 5.48. The highest BCUT2D eigenvalue weighted by Crippen LogP contribution is 2.36. The number of urea groups is 1. The fourth-order valence-corrected chi connectivity index (χ4v) is 3.02. The minimum Gasteiger partial charge on any atom is -0.454 e. The van der Waals surface area contributed by atoms with Crippen molar-refractivity contribution in [3.05, 3.63) is 53.8 Å². The molecule has 0 bridgehead atoms. The maximum absolute atomic E-state index is 13.1. The van der Waals surface area contributed by atoms with Crippen LogP contribution in [-0.4, -0.2) is 30.9 Å². The average Bonchev–Trinajstić information content (AvgIpc) is 3.18. The number of halogens is 1. The van der Waals surface area contributed by atoms with Gasteiger partial charge in [-0.2, -0.15) is 5.26 Å². The predicted octanol–water partition coefficient (Wildman–Crippen LogP) is 3.60. The summed E-state index contributed by atoms with van der Waals surface area (Å²) < 4.78 is 23.9. The summed E-state index contributed by atoms with van der Waals surface area (Å²) in [6.45, 7) is 1.06. The molecule has 2 amide bonds. The highest BCUT2D eigenvalue weighted by Gasteiger charge is 2.16. The van der Waals surface area contributed by atoms with Crippen LogP contribution in [0.3, 0.4) is 0 Å². The van der Waals surface area contributed by atoms with Gasteiger partial charge in [0, 0.05) is 30.2 Å². The minimum atomic E-state index is -0.419. The van der Waals surface area contributed by atoms with Gasteiger partial charge in [0.25, 0.3) is 0 Å². The van der Waals surface area contributed by atoms with E-state index in [1.165, 1.54) is 18.2 Å².